The van der Waals surface area contributed by atoms with Gasteiger partial charge in [0.05, 0.1) is 0 Å². The van der Waals surface area contributed by atoms with Gasteiger partial charge < -0.3 is 10.6 Å². The molecule has 3 nitrogen and oxygen atoms in total. The van der Waals surface area contributed by atoms with Crippen molar-refractivity contribution in [3.8, 4) is 0 Å². The fraction of sp³-hybridized carbons (Fsp3) is 0.500. The number of likely N-dealkylation sites (tertiary alicyclic amines) is 1. The highest BCUT2D eigenvalue weighted by atomic mass is 35.5. The number of benzene rings is 1. The van der Waals surface area contributed by atoms with Gasteiger partial charge in [-0.3, -0.25) is 4.79 Å². The zero-order valence-corrected chi connectivity index (χ0v) is 12.0. The van der Waals surface area contributed by atoms with Gasteiger partial charge >= 0.3 is 0 Å². The van der Waals surface area contributed by atoms with Crippen molar-refractivity contribution < 1.29 is 13.6 Å². The summed E-state index contributed by atoms with van der Waals surface area (Å²) in [6.45, 7) is 1.32. The molecule has 0 unspecified atom stereocenters. The second-order valence-corrected chi connectivity index (χ2v) is 4.95. The number of nitrogens with zero attached hydrogens (tertiary/aromatic N) is 1. The summed E-state index contributed by atoms with van der Waals surface area (Å²) in [6.07, 6.45) is 2.04. The zero-order chi connectivity index (χ0) is 13.8. The number of amides is 1. The zero-order valence-electron chi connectivity index (χ0n) is 11.1. The normalized spacial score (nSPS) is 15.8. The molecule has 1 saturated heterocycles. The minimum Gasteiger partial charge on any atom is -0.343 e. The predicted molar refractivity (Wildman–Crippen MR) is 75.7 cm³/mol. The van der Waals surface area contributed by atoms with Crippen LogP contribution >= 0.6 is 12.4 Å². The minimum absolute atomic E-state index is 0. The summed E-state index contributed by atoms with van der Waals surface area (Å²) in [7, 11) is 0. The van der Waals surface area contributed by atoms with Crippen LogP contribution in [0.15, 0.2) is 18.2 Å². The van der Waals surface area contributed by atoms with Gasteiger partial charge in [0.1, 0.15) is 11.6 Å². The van der Waals surface area contributed by atoms with E-state index in [1.54, 1.807) is 4.90 Å². The maximum Gasteiger partial charge on any atom is 0.222 e. The van der Waals surface area contributed by atoms with E-state index in [4.69, 9.17) is 5.73 Å². The highest BCUT2D eigenvalue weighted by Crippen LogP contribution is 2.14. The van der Waals surface area contributed by atoms with Gasteiger partial charge in [-0.1, -0.05) is 0 Å². The van der Waals surface area contributed by atoms with Crippen LogP contribution in [0.5, 0.6) is 0 Å². The van der Waals surface area contributed by atoms with E-state index in [0.29, 0.717) is 13.1 Å². The Morgan fingerprint density at radius 2 is 1.95 bits per heavy atom. The third-order valence-corrected chi connectivity index (χ3v) is 3.51. The van der Waals surface area contributed by atoms with Gasteiger partial charge in [-0.15, -0.1) is 12.4 Å². The van der Waals surface area contributed by atoms with Crippen molar-refractivity contribution in [2.24, 2.45) is 5.73 Å². The molecule has 0 saturated carbocycles. The molecule has 112 valence electrons. The Kier molecular flexibility index (Phi) is 6.36. The molecule has 1 aliphatic heterocycles. The monoisotopic (exact) mass is 304 g/mol. The Bertz CT molecular complexity index is 462. The first-order valence-electron chi connectivity index (χ1n) is 6.53. The first kappa shape index (κ1) is 16.9. The van der Waals surface area contributed by atoms with E-state index in [2.05, 4.69) is 0 Å². The molecule has 1 aromatic rings. The molecule has 2 N–H and O–H groups in total. The second-order valence-electron chi connectivity index (χ2n) is 4.95. The molecule has 20 heavy (non-hydrogen) atoms. The van der Waals surface area contributed by atoms with Crippen molar-refractivity contribution in [3.63, 3.8) is 0 Å². The third-order valence-electron chi connectivity index (χ3n) is 3.51. The SMILES string of the molecule is Cl.NC1CCN(C(=O)CCc2cc(F)ccc2F)CC1. The van der Waals surface area contributed by atoms with E-state index in [-0.39, 0.29) is 42.8 Å². The fourth-order valence-electron chi connectivity index (χ4n) is 2.28. The van der Waals surface area contributed by atoms with Crippen molar-refractivity contribution in [1.82, 2.24) is 4.90 Å². The molecule has 0 radical (unpaired) electrons. The number of hydrogen-bond donors (Lipinski definition) is 1. The van der Waals surface area contributed by atoms with Crippen LogP contribution in [0.3, 0.4) is 0 Å². The number of carbonyl (C=O) groups excluding carboxylic acids is 1. The van der Waals surface area contributed by atoms with Gasteiger partial charge in [-0.25, -0.2) is 8.78 Å². The van der Waals surface area contributed by atoms with Crippen LogP contribution in [-0.2, 0) is 11.2 Å². The molecule has 0 spiro atoms. The van der Waals surface area contributed by atoms with Crippen LogP contribution in [0.25, 0.3) is 0 Å². The van der Waals surface area contributed by atoms with Gasteiger partial charge in [0.15, 0.2) is 0 Å². The topological polar surface area (TPSA) is 46.3 Å². The molecular weight excluding hydrogens is 286 g/mol. The molecule has 0 aliphatic carbocycles. The third kappa shape index (κ3) is 4.42. The molecule has 1 heterocycles. The maximum atomic E-state index is 13.4. The maximum absolute atomic E-state index is 13.4. The minimum atomic E-state index is -0.479. The lowest BCUT2D eigenvalue weighted by Crippen LogP contribution is -2.42. The second kappa shape index (κ2) is 7.55. The standard InChI is InChI=1S/C14H18F2N2O.ClH/c15-11-2-3-13(16)10(9-11)1-4-14(19)18-7-5-12(17)6-8-18;/h2-3,9,12H,1,4-8,17H2;1H. The molecule has 0 bridgehead atoms. The molecule has 0 atom stereocenters. The summed E-state index contributed by atoms with van der Waals surface area (Å²) in [6, 6.07) is 3.49. The highest BCUT2D eigenvalue weighted by molar-refractivity contribution is 5.85. The number of rotatable bonds is 3. The van der Waals surface area contributed by atoms with E-state index >= 15 is 0 Å². The van der Waals surface area contributed by atoms with Crippen molar-refractivity contribution in [3.05, 3.63) is 35.4 Å². The lowest BCUT2D eigenvalue weighted by Gasteiger charge is -2.30. The number of aryl methyl sites for hydroxylation is 1. The summed E-state index contributed by atoms with van der Waals surface area (Å²) in [5.41, 5.74) is 6.02. The molecule has 2 rings (SSSR count). The van der Waals surface area contributed by atoms with Crippen LogP contribution in [0.4, 0.5) is 8.78 Å². The Morgan fingerprint density at radius 1 is 1.30 bits per heavy atom. The first-order valence-corrected chi connectivity index (χ1v) is 6.53. The van der Waals surface area contributed by atoms with Crippen molar-refractivity contribution in [2.45, 2.75) is 31.7 Å². The van der Waals surface area contributed by atoms with E-state index < -0.39 is 11.6 Å². The van der Waals surface area contributed by atoms with E-state index in [0.717, 1.165) is 31.0 Å². The summed E-state index contributed by atoms with van der Waals surface area (Å²) in [5, 5.41) is 0. The highest BCUT2D eigenvalue weighted by Gasteiger charge is 2.20. The average molecular weight is 305 g/mol. The molecule has 1 aliphatic rings. The number of hydrogen-bond acceptors (Lipinski definition) is 2. The summed E-state index contributed by atoms with van der Waals surface area (Å²) in [4.78, 5) is 13.7. The van der Waals surface area contributed by atoms with Gasteiger partial charge in [-0.2, -0.15) is 0 Å². The Labute approximate surface area is 123 Å². The summed E-state index contributed by atoms with van der Waals surface area (Å²) >= 11 is 0. The number of piperidine rings is 1. The Hall–Kier alpha value is -1.20. The number of carbonyl (C=O) groups is 1. The molecule has 1 aromatic carbocycles. The predicted octanol–water partition coefficient (Wildman–Crippen LogP) is 2.27. The van der Waals surface area contributed by atoms with Gasteiger partial charge in [0.25, 0.3) is 0 Å². The van der Waals surface area contributed by atoms with Crippen molar-refractivity contribution in [1.29, 1.82) is 0 Å². The fourth-order valence-corrected chi connectivity index (χ4v) is 2.28. The average Bonchev–Trinajstić information content (AvgIpc) is 2.40. The quantitative estimate of drug-likeness (QED) is 0.931. The summed E-state index contributed by atoms with van der Waals surface area (Å²) < 4.78 is 26.4. The van der Waals surface area contributed by atoms with E-state index in [1.807, 2.05) is 0 Å². The lowest BCUT2D eigenvalue weighted by atomic mass is 10.0. The van der Waals surface area contributed by atoms with Crippen LogP contribution in [0, 0.1) is 11.6 Å². The summed E-state index contributed by atoms with van der Waals surface area (Å²) in [5.74, 6) is -0.960. The van der Waals surface area contributed by atoms with Crippen LogP contribution < -0.4 is 5.73 Å². The van der Waals surface area contributed by atoms with E-state index in [9.17, 15) is 13.6 Å². The van der Waals surface area contributed by atoms with Crippen molar-refractivity contribution in [2.75, 3.05) is 13.1 Å². The molecule has 0 aromatic heterocycles. The first-order chi connectivity index (χ1) is 9.06. The van der Waals surface area contributed by atoms with Gasteiger partial charge in [0, 0.05) is 25.6 Å². The Morgan fingerprint density at radius 3 is 2.60 bits per heavy atom. The van der Waals surface area contributed by atoms with Crippen LogP contribution in [-0.4, -0.2) is 29.9 Å². The van der Waals surface area contributed by atoms with Gasteiger partial charge in [-0.05, 0) is 43.0 Å². The smallest absolute Gasteiger partial charge is 0.222 e. The number of nitrogens with two attached hydrogens (primary N) is 1. The molecular formula is C14H19ClF2N2O. The van der Waals surface area contributed by atoms with Crippen LogP contribution in [0.2, 0.25) is 0 Å². The van der Waals surface area contributed by atoms with E-state index in [1.165, 1.54) is 0 Å². The number of halogens is 3. The lowest BCUT2D eigenvalue weighted by molar-refractivity contribution is -0.132. The van der Waals surface area contributed by atoms with Gasteiger partial charge in [0.2, 0.25) is 5.91 Å². The molecule has 6 heteroatoms. The molecule has 1 fully saturated rings. The largest absolute Gasteiger partial charge is 0.343 e. The van der Waals surface area contributed by atoms with Crippen LogP contribution in [0.1, 0.15) is 24.8 Å². The Balaban J connectivity index is 0.00000200. The molecule has 1 amide bonds. The van der Waals surface area contributed by atoms with Crippen molar-refractivity contribution >= 4 is 18.3 Å².